The van der Waals surface area contributed by atoms with E-state index in [1.165, 1.54) is 12.5 Å². The van der Waals surface area contributed by atoms with Gasteiger partial charge in [0.05, 0.1) is 0 Å². The summed E-state index contributed by atoms with van der Waals surface area (Å²) >= 11 is 15.2. The minimum atomic E-state index is -4.00. The molecule has 2 aromatic heterocycles. The van der Waals surface area contributed by atoms with Crippen molar-refractivity contribution >= 4 is 86.1 Å². The molecule has 0 unspecified atom stereocenters. The summed E-state index contributed by atoms with van der Waals surface area (Å²) in [4.78, 5) is 0. The molecule has 206 valence electrons. The van der Waals surface area contributed by atoms with Gasteiger partial charge in [-0.15, -0.1) is 22.7 Å². The first kappa shape index (κ1) is 27.5. The second-order valence-corrected chi connectivity index (χ2v) is 15.6. The van der Waals surface area contributed by atoms with Gasteiger partial charge in [0.1, 0.15) is 20.9 Å². The van der Waals surface area contributed by atoms with Gasteiger partial charge in [-0.3, -0.25) is 0 Å². The highest BCUT2D eigenvalue weighted by Crippen LogP contribution is 2.50. The van der Waals surface area contributed by atoms with Crippen LogP contribution in [-0.2, 0) is 20.0 Å². The number of hydrogen-bond acceptors (Lipinski definition) is 8. The second kappa shape index (κ2) is 9.43. The zero-order chi connectivity index (χ0) is 28.7. The summed E-state index contributed by atoms with van der Waals surface area (Å²) in [6, 6.07) is 10.4. The molecule has 40 heavy (non-hydrogen) atoms. The summed E-state index contributed by atoms with van der Waals surface area (Å²) in [7, 11) is -7.99. The van der Waals surface area contributed by atoms with Crippen molar-refractivity contribution in [1.29, 1.82) is 0 Å². The number of rotatable bonds is 4. The Morgan fingerprint density at radius 2 is 1.00 bits per heavy atom. The first-order valence-corrected chi connectivity index (χ1v) is 16.9. The van der Waals surface area contributed by atoms with Crippen molar-refractivity contribution in [2.45, 2.75) is 22.3 Å². The average molecular weight is 654 g/mol. The quantitative estimate of drug-likeness (QED) is 0.216. The Balaban J connectivity index is 1.76. The molecule has 3 aromatic carbocycles. The van der Waals surface area contributed by atoms with Crippen LogP contribution in [0, 0.1) is 13.8 Å². The molecule has 0 bridgehead atoms. The van der Waals surface area contributed by atoms with Gasteiger partial charge in [0, 0.05) is 30.6 Å². The first-order chi connectivity index (χ1) is 18.7. The van der Waals surface area contributed by atoms with Crippen LogP contribution in [0.25, 0.3) is 42.4 Å². The van der Waals surface area contributed by atoms with Crippen LogP contribution < -0.4 is 19.8 Å². The zero-order valence-electron chi connectivity index (χ0n) is 20.6. The van der Waals surface area contributed by atoms with E-state index in [0.717, 1.165) is 22.7 Å². The molecule has 1 aliphatic rings. The molecular formula is C26H18Cl2N2O6S4. The highest BCUT2D eigenvalue weighted by molar-refractivity contribution is 7.91. The van der Waals surface area contributed by atoms with Crippen molar-refractivity contribution in [3.8, 4) is 33.8 Å². The van der Waals surface area contributed by atoms with Crippen LogP contribution in [0.3, 0.4) is 0 Å². The van der Waals surface area contributed by atoms with Gasteiger partial charge in [-0.25, -0.2) is 27.1 Å². The van der Waals surface area contributed by atoms with E-state index in [-0.39, 0.29) is 8.42 Å². The summed E-state index contributed by atoms with van der Waals surface area (Å²) in [6.07, 6.45) is 2.79. The standard InChI is InChI=1S/C26H18Cl2N2O6S4/c1-11-15-5-13(27)7-19(23(15)37-25(11)39(29,31)32)17-9-21-22(36-4-3-35-21)10-18(17)20-8-14(28)6-16-12(2)26(38-24(16)20)40(30,33)34/h3-10H,1-2H3,(H2,29,31,32)(H2,30,33,34). The van der Waals surface area contributed by atoms with Gasteiger partial charge in [-0.1, -0.05) is 23.2 Å². The fourth-order valence-corrected chi connectivity index (χ4v) is 9.90. The number of sulfonamides is 2. The molecule has 3 heterocycles. The molecule has 0 atom stereocenters. The number of fused-ring (bicyclic) bond motifs is 3. The lowest BCUT2D eigenvalue weighted by Crippen LogP contribution is -2.11. The second-order valence-electron chi connectivity index (χ2n) is 9.13. The van der Waals surface area contributed by atoms with Crippen LogP contribution in [0.1, 0.15) is 11.1 Å². The lowest BCUT2D eigenvalue weighted by molar-refractivity contribution is 0.362. The third-order valence-electron chi connectivity index (χ3n) is 6.54. The van der Waals surface area contributed by atoms with Gasteiger partial charge in [0.15, 0.2) is 11.5 Å². The van der Waals surface area contributed by atoms with Gasteiger partial charge >= 0.3 is 0 Å². The van der Waals surface area contributed by atoms with Crippen LogP contribution in [0.5, 0.6) is 11.5 Å². The van der Waals surface area contributed by atoms with Gasteiger partial charge in [-0.05, 0) is 83.3 Å². The molecule has 0 radical (unpaired) electrons. The summed E-state index contributed by atoms with van der Waals surface area (Å²) < 4.78 is 62.3. The summed E-state index contributed by atoms with van der Waals surface area (Å²) in [5.41, 5.74) is 3.47. The van der Waals surface area contributed by atoms with Crippen molar-refractivity contribution in [2.75, 3.05) is 0 Å². The number of halogens is 2. The molecule has 4 N–H and O–H groups in total. The van der Waals surface area contributed by atoms with Crippen LogP contribution in [-0.4, -0.2) is 16.8 Å². The minimum absolute atomic E-state index is 0.0323. The fourth-order valence-electron chi connectivity index (χ4n) is 4.86. The molecule has 1 aliphatic heterocycles. The fraction of sp³-hybridized carbons (Fsp3) is 0.0769. The molecule has 0 spiro atoms. The van der Waals surface area contributed by atoms with Crippen LogP contribution in [0.2, 0.25) is 10.0 Å². The van der Waals surface area contributed by atoms with Crippen molar-refractivity contribution in [3.63, 3.8) is 0 Å². The van der Waals surface area contributed by atoms with E-state index in [2.05, 4.69) is 0 Å². The lowest BCUT2D eigenvalue weighted by Gasteiger charge is -2.19. The number of aryl methyl sites for hydroxylation is 2. The van der Waals surface area contributed by atoms with E-state index in [4.69, 9.17) is 43.0 Å². The molecule has 0 saturated carbocycles. The largest absolute Gasteiger partial charge is 0.458 e. The van der Waals surface area contributed by atoms with E-state index in [0.29, 0.717) is 75.1 Å². The Kier molecular flexibility index (Phi) is 6.48. The van der Waals surface area contributed by atoms with Crippen molar-refractivity contribution in [2.24, 2.45) is 10.3 Å². The number of nitrogens with two attached hydrogens (primary N) is 2. The topological polar surface area (TPSA) is 139 Å². The van der Waals surface area contributed by atoms with E-state index in [1.807, 2.05) is 0 Å². The number of ether oxygens (including phenoxy) is 2. The summed E-state index contributed by atoms with van der Waals surface area (Å²) in [6.45, 7) is 3.36. The average Bonchev–Trinajstić information content (AvgIpc) is 3.39. The van der Waals surface area contributed by atoms with Crippen LogP contribution in [0.4, 0.5) is 0 Å². The third-order valence-corrected chi connectivity index (χ3v) is 12.8. The Morgan fingerprint density at radius 3 is 1.35 bits per heavy atom. The monoisotopic (exact) mass is 652 g/mol. The maximum Gasteiger partial charge on any atom is 0.247 e. The van der Waals surface area contributed by atoms with Crippen LogP contribution >= 0.6 is 45.9 Å². The Morgan fingerprint density at radius 1 is 0.625 bits per heavy atom. The Hall–Kier alpha value is -2.68. The van der Waals surface area contributed by atoms with Crippen molar-refractivity contribution in [3.05, 3.63) is 70.1 Å². The number of thiophene rings is 2. The van der Waals surface area contributed by atoms with Crippen molar-refractivity contribution < 1.29 is 26.3 Å². The minimum Gasteiger partial charge on any atom is -0.458 e. The zero-order valence-corrected chi connectivity index (χ0v) is 25.4. The van der Waals surface area contributed by atoms with E-state index in [9.17, 15) is 16.8 Å². The van der Waals surface area contributed by atoms with Gasteiger partial charge in [-0.2, -0.15) is 0 Å². The highest BCUT2D eigenvalue weighted by atomic mass is 35.5. The predicted molar refractivity (Wildman–Crippen MR) is 161 cm³/mol. The number of benzene rings is 3. The molecular weight excluding hydrogens is 635 g/mol. The molecule has 8 nitrogen and oxygen atoms in total. The maximum atomic E-state index is 12.4. The molecule has 0 aliphatic carbocycles. The normalized spacial score (nSPS) is 13.4. The predicted octanol–water partition coefficient (Wildman–Crippen LogP) is 6.91. The lowest BCUT2D eigenvalue weighted by atomic mass is 9.92. The smallest absolute Gasteiger partial charge is 0.247 e. The molecule has 14 heteroatoms. The number of primary sulfonamides is 2. The first-order valence-electron chi connectivity index (χ1n) is 11.4. The van der Waals surface area contributed by atoms with E-state index >= 15 is 0 Å². The van der Waals surface area contributed by atoms with Crippen LogP contribution in [0.15, 0.2) is 57.3 Å². The van der Waals surface area contributed by atoms with E-state index in [1.54, 1.807) is 50.2 Å². The van der Waals surface area contributed by atoms with Crippen molar-refractivity contribution in [1.82, 2.24) is 0 Å². The van der Waals surface area contributed by atoms with E-state index < -0.39 is 20.0 Å². The molecule has 0 fully saturated rings. The van der Waals surface area contributed by atoms with Gasteiger partial charge < -0.3 is 9.47 Å². The highest BCUT2D eigenvalue weighted by Gasteiger charge is 2.26. The Bertz CT molecular complexity index is 2010. The summed E-state index contributed by atoms with van der Waals surface area (Å²) in [5.74, 6) is 0.834. The van der Waals surface area contributed by atoms with Gasteiger partial charge in [0.2, 0.25) is 20.0 Å². The number of hydrogen-bond donors (Lipinski definition) is 2. The third kappa shape index (κ3) is 4.48. The Labute approximate surface area is 247 Å². The van der Waals surface area contributed by atoms with Gasteiger partial charge in [0.25, 0.3) is 0 Å². The summed E-state index contributed by atoms with van der Waals surface area (Å²) in [5, 5.41) is 13.1. The molecule has 6 rings (SSSR count). The molecule has 5 aromatic rings. The molecule has 0 saturated heterocycles. The molecule has 0 amide bonds. The SMILES string of the molecule is Cc1c(S(N)(=O)=O)sc2c(-c3cc4c(cc3-c3cc(Cl)cc5c(C)c(S(N)(=O)=O)sc35)OC=CO4)cc(Cl)cc12. The maximum absolute atomic E-state index is 12.4.